The number of nitrogens with zero attached hydrogens (tertiary/aromatic N) is 1. The normalized spacial score (nSPS) is 11.4. The summed E-state index contributed by atoms with van der Waals surface area (Å²) < 4.78 is 11.1. The molecule has 0 aliphatic heterocycles. The number of rotatable bonds is 12. The third-order valence-corrected chi connectivity index (χ3v) is 7.06. The van der Waals surface area contributed by atoms with Crippen LogP contribution in [0.15, 0.2) is 103 Å². The van der Waals surface area contributed by atoms with Gasteiger partial charge in [0.05, 0.1) is 12.1 Å². The minimum Gasteiger partial charge on any atom is -0.497 e. The second-order valence-electron chi connectivity index (χ2n) is 9.10. The third-order valence-electron chi connectivity index (χ3n) is 6.38. The van der Waals surface area contributed by atoms with Gasteiger partial charge in [-0.3, -0.25) is 9.59 Å². The van der Waals surface area contributed by atoms with E-state index < -0.39 is 6.04 Å². The van der Waals surface area contributed by atoms with E-state index in [-0.39, 0.29) is 31.5 Å². The van der Waals surface area contributed by atoms with Gasteiger partial charge in [0.25, 0.3) is 5.91 Å². The number of nitrogens with one attached hydrogen (secondary N) is 1. The van der Waals surface area contributed by atoms with E-state index in [9.17, 15) is 9.59 Å². The Morgan fingerprint density at radius 1 is 0.800 bits per heavy atom. The smallest absolute Gasteiger partial charge is 0.261 e. The fourth-order valence-corrected chi connectivity index (χ4v) is 4.60. The lowest BCUT2D eigenvalue weighted by atomic mass is 10.0. The summed E-state index contributed by atoms with van der Waals surface area (Å²) in [4.78, 5) is 29.1. The maximum Gasteiger partial charge on any atom is 0.261 e. The molecule has 0 aliphatic rings. The van der Waals surface area contributed by atoms with E-state index in [1.54, 1.807) is 42.3 Å². The first-order valence-electron chi connectivity index (χ1n) is 12.8. The Hall–Kier alpha value is -4.00. The van der Waals surface area contributed by atoms with Crippen molar-refractivity contribution in [2.75, 3.05) is 13.7 Å². The Labute approximate surface area is 244 Å². The van der Waals surface area contributed by atoms with E-state index in [0.717, 1.165) is 16.7 Å². The molecule has 0 fully saturated rings. The fourth-order valence-electron chi connectivity index (χ4n) is 4.21. The van der Waals surface area contributed by atoms with Crippen LogP contribution in [0.25, 0.3) is 0 Å². The topological polar surface area (TPSA) is 67.9 Å². The molecule has 0 aromatic heterocycles. The maximum atomic E-state index is 13.8. The first-order chi connectivity index (χ1) is 19.4. The van der Waals surface area contributed by atoms with Crippen LogP contribution in [0.2, 0.25) is 10.0 Å². The van der Waals surface area contributed by atoms with Gasteiger partial charge in [-0.1, -0.05) is 96.0 Å². The molecule has 2 amide bonds. The molecular formula is C32H30Cl2N2O4. The number of carbonyl (C=O) groups is 2. The number of hydrogen-bond acceptors (Lipinski definition) is 4. The lowest BCUT2D eigenvalue weighted by Crippen LogP contribution is -2.51. The van der Waals surface area contributed by atoms with Crippen molar-refractivity contribution in [1.82, 2.24) is 10.2 Å². The number of para-hydroxylation sites is 1. The molecule has 0 heterocycles. The van der Waals surface area contributed by atoms with E-state index in [0.29, 0.717) is 28.0 Å². The predicted molar refractivity (Wildman–Crippen MR) is 158 cm³/mol. The van der Waals surface area contributed by atoms with Gasteiger partial charge in [0, 0.05) is 24.5 Å². The molecule has 4 aromatic carbocycles. The van der Waals surface area contributed by atoms with Gasteiger partial charge in [-0.2, -0.15) is 0 Å². The van der Waals surface area contributed by atoms with Crippen LogP contribution in [0.1, 0.15) is 16.7 Å². The van der Waals surface area contributed by atoms with E-state index in [4.69, 9.17) is 32.7 Å². The highest BCUT2D eigenvalue weighted by molar-refractivity contribution is 6.32. The second kappa shape index (κ2) is 14.4. The van der Waals surface area contributed by atoms with Gasteiger partial charge in [-0.05, 0) is 47.0 Å². The average molecular weight is 578 g/mol. The first kappa shape index (κ1) is 29.0. The molecular weight excluding hydrogens is 547 g/mol. The van der Waals surface area contributed by atoms with Gasteiger partial charge in [-0.15, -0.1) is 0 Å². The van der Waals surface area contributed by atoms with Crippen molar-refractivity contribution in [2.45, 2.75) is 25.6 Å². The Balaban J connectivity index is 1.63. The van der Waals surface area contributed by atoms with Crippen molar-refractivity contribution in [3.63, 3.8) is 0 Å². The van der Waals surface area contributed by atoms with E-state index in [2.05, 4.69) is 5.32 Å². The summed E-state index contributed by atoms with van der Waals surface area (Å²) in [5.74, 6) is 0.430. The summed E-state index contributed by atoms with van der Waals surface area (Å²) in [7, 11) is 1.59. The molecule has 0 aliphatic carbocycles. The van der Waals surface area contributed by atoms with Gasteiger partial charge in [0.1, 0.15) is 17.5 Å². The Morgan fingerprint density at radius 3 is 2.12 bits per heavy atom. The highest BCUT2D eigenvalue weighted by atomic mass is 35.5. The molecule has 0 saturated carbocycles. The number of benzene rings is 4. The second-order valence-corrected chi connectivity index (χ2v) is 9.92. The highest BCUT2D eigenvalue weighted by Crippen LogP contribution is 2.24. The zero-order valence-electron chi connectivity index (χ0n) is 22.1. The minimum absolute atomic E-state index is 0.186. The molecule has 6 nitrogen and oxygen atoms in total. The Bertz CT molecular complexity index is 1410. The van der Waals surface area contributed by atoms with Crippen LogP contribution in [-0.4, -0.2) is 36.5 Å². The van der Waals surface area contributed by atoms with Crippen molar-refractivity contribution in [3.8, 4) is 11.5 Å². The molecule has 1 atom stereocenters. The zero-order valence-corrected chi connectivity index (χ0v) is 23.6. The monoisotopic (exact) mass is 576 g/mol. The number of ether oxygens (including phenoxy) is 2. The molecule has 8 heteroatoms. The molecule has 0 saturated heterocycles. The zero-order chi connectivity index (χ0) is 28.3. The molecule has 0 radical (unpaired) electrons. The number of amides is 2. The lowest BCUT2D eigenvalue weighted by molar-refractivity contribution is -0.142. The van der Waals surface area contributed by atoms with Crippen molar-refractivity contribution < 1.29 is 19.1 Å². The van der Waals surface area contributed by atoms with E-state index >= 15 is 0 Å². The summed E-state index contributed by atoms with van der Waals surface area (Å²) in [6, 6.07) is 30.4. The summed E-state index contributed by atoms with van der Waals surface area (Å²) in [5, 5.41) is 3.94. The first-order valence-corrected chi connectivity index (χ1v) is 13.5. The summed E-state index contributed by atoms with van der Waals surface area (Å²) in [5.41, 5.74) is 2.54. The van der Waals surface area contributed by atoms with Gasteiger partial charge in [0.2, 0.25) is 5.91 Å². The van der Waals surface area contributed by atoms with Gasteiger partial charge in [0.15, 0.2) is 6.61 Å². The van der Waals surface area contributed by atoms with Crippen molar-refractivity contribution in [2.24, 2.45) is 0 Å². The molecule has 1 N–H and O–H groups in total. The predicted octanol–water partition coefficient (Wildman–Crippen LogP) is 6.34. The number of halogens is 2. The largest absolute Gasteiger partial charge is 0.497 e. The molecule has 4 aromatic rings. The summed E-state index contributed by atoms with van der Waals surface area (Å²) in [6.45, 7) is 0.124. The van der Waals surface area contributed by atoms with E-state index in [1.165, 1.54) is 0 Å². The van der Waals surface area contributed by atoms with Crippen molar-refractivity contribution in [3.05, 3.63) is 130 Å². The molecule has 206 valence electrons. The standard InChI is InChI=1S/C32H30Cl2N2O4/c1-39-26-17-15-24(16-18-26)21-36(31(37)22-40-30-14-8-7-13-28(30)34)29(19-23-9-3-2-4-10-23)32(38)35-20-25-11-5-6-12-27(25)33/h2-18,29H,19-22H2,1H3,(H,35,38)/t29-/m1/s1. The van der Waals surface area contributed by atoms with Gasteiger partial charge >= 0.3 is 0 Å². The van der Waals surface area contributed by atoms with Crippen LogP contribution in [0.5, 0.6) is 11.5 Å². The van der Waals surface area contributed by atoms with Crippen LogP contribution in [0.3, 0.4) is 0 Å². The molecule has 0 bridgehead atoms. The quantitative estimate of drug-likeness (QED) is 0.214. The minimum atomic E-state index is -0.825. The SMILES string of the molecule is COc1ccc(CN(C(=O)COc2ccccc2Cl)[C@H](Cc2ccccc2)C(=O)NCc2ccccc2Cl)cc1. The fraction of sp³-hybridized carbons (Fsp3) is 0.188. The lowest BCUT2D eigenvalue weighted by Gasteiger charge is -2.31. The maximum absolute atomic E-state index is 13.8. The molecule has 0 spiro atoms. The van der Waals surface area contributed by atoms with Crippen LogP contribution in [0, 0.1) is 0 Å². The van der Waals surface area contributed by atoms with Crippen LogP contribution in [-0.2, 0) is 29.1 Å². The van der Waals surface area contributed by atoms with Crippen molar-refractivity contribution in [1.29, 1.82) is 0 Å². The Morgan fingerprint density at radius 2 is 1.45 bits per heavy atom. The van der Waals surface area contributed by atoms with Crippen LogP contribution >= 0.6 is 23.2 Å². The highest BCUT2D eigenvalue weighted by Gasteiger charge is 2.31. The van der Waals surface area contributed by atoms with Crippen LogP contribution in [0.4, 0.5) is 0 Å². The Kier molecular flexibility index (Phi) is 10.4. The van der Waals surface area contributed by atoms with Gasteiger partial charge < -0.3 is 19.7 Å². The number of carbonyl (C=O) groups excluding carboxylic acids is 2. The molecule has 40 heavy (non-hydrogen) atoms. The summed E-state index contributed by atoms with van der Waals surface area (Å²) in [6.07, 6.45) is 0.309. The molecule has 0 unspecified atom stereocenters. The van der Waals surface area contributed by atoms with Crippen LogP contribution < -0.4 is 14.8 Å². The number of hydrogen-bond donors (Lipinski definition) is 1. The van der Waals surface area contributed by atoms with E-state index in [1.807, 2.05) is 72.8 Å². The van der Waals surface area contributed by atoms with Gasteiger partial charge in [-0.25, -0.2) is 0 Å². The number of methoxy groups -OCH3 is 1. The third kappa shape index (κ3) is 8.01. The molecule has 4 rings (SSSR count). The summed E-state index contributed by atoms with van der Waals surface area (Å²) >= 11 is 12.6. The average Bonchev–Trinajstić information content (AvgIpc) is 2.98. The van der Waals surface area contributed by atoms with Crippen molar-refractivity contribution >= 4 is 35.0 Å².